The van der Waals surface area contributed by atoms with Crippen LogP contribution in [0.25, 0.3) is 10.9 Å². The van der Waals surface area contributed by atoms with Gasteiger partial charge in [0.05, 0.1) is 46.6 Å². The number of halogens is 3. The van der Waals surface area contributed by atoms with E-state index in [0.29, 0.717) is 82.6 Å². The van der Waals surface area contributed by atoms with E-state index in [4.69, 9.17) is 32.0 Å². The number of piperazine rings is 1. The first-order valence-corrected chi connectivity index (χ1v) is 19.0. The van der Waals surface area contributed by atoms with Gasteiger partial charge in [0.15, 0.2) is 17.3 Å². The maximum Gasteiger partial charge on any atom is 0.265 e. The molecule has 1 atom stereocenters. The van der Waals surface area contributed by atoms with E-state index in [9.17, 15) is 23.6 Å². The molecular weight excluding hydrogens is 774 g/mol. The largest absolute Gasteiger partial charge is 0.493 e. The average molecular weight is 825 g/mol. The van der Waals surface area contributed by atoms with Crippen molar-refractivity contribution in [2.24, 2.45) is 5.92 Å². The second-order valence-corrected chi connectivity index (χ2v) is 14.6. The number of piperidine rings is 2. The van der Waals surface area contributed by atoms with E-state index >= 15 is 4.39 Å². The van der Waals surface area contributed by atoms with Crippen LogP contribution in [0, 0.1) is 17.6 Å². The molecular formula is C41H43ClF2N8O6. The van der Waals surface area contributed by atoms with Crippen LogP contribution in [0.1, 0.15) is 63.8 Å². The lowest BCUT2D eigenvalue weighted by molar-refractivity contribution is -0.136. The molecule has 4 amide bonds. The molecule has 3 saturated heterocycles. The van der Waals surface area contributed by atoms with Gasteiger partial charge in [-0.3, -0.25) is 34.3 Å². The summed E-state index contributed by atoms with van der Waals surface area (Å²) in [6.45, 7) is -12.0. The Balaban J connectivity index is 0.910. The van der Waals surface area contributed by atoms with Crippen LogP contribution in [0.5, 0.6) is 11.5 Å². The number of rotatable bonds is 12. The van der Waals surface area contributed by atoms with Crippen molar-refractivity contribution in [2.75, 3.05) is 76.1 Å². The fourth-order valence-electron chi connectivity index (χ4n) is 7.44. The van der Waals surface area contributed by atoms with Crippen molar-refractivity contribution in [3.05, 3.63) is 76.6 Å². The van der Waals surface area contributed by atoms with Crippen molar-refractivity contribution in [1.29, 1.82) is 0 Å². The van der Waals surface area contributed by atoms with E-state index < -0.39 is 90.0 Å². The average Bonchev–Trinajstić information content (AvgIpc) is 3.51. The molecule has 0 spiro atoms. The molecule has 1 unspecified atom stereocenters. The summed E-state index contributed by atoms with van der Waals surface area (Å²) in [5.74, 6) is -5.21. The molecule has 58 heavy (non-hydrogen) atoms. The first kappa shape index (κ1) is 30.6. The van der Waals surface area contributed by atoms with Gasteiger partial charge in [-0.15, -0.1) is 0 Å². The number of aromatic nitrogens is 2. The summed E-state index contributed by atoms with van der Waals surface area (Å²) in [5.41, 5.74) is -1.38. The van der Waals surface area contributed by atoms with Gasteiger partial charge < -0.3 is 24.6 Å². The zero-order valence-electron chi connectivity index (χ0n) is 39.1. The van der Waals surface area contributed by atoms with Gasteiger partial charge in [0.25, 0.3) is 11.8 Å². The number of carbonyl (C=O) groups is 4. The van der Waals surface area contributed by atoms with E-state index in [1.54, 1.807) is 12.1 Å². The number of anilines is 3. The topological polar surface area (TPSA) is 150 Å². The van der Waals surface area contributed by atoms with Crippen LogP contribution in [-0.4, -0.2) is 120 Å². The predicted octanol–water partition coefficient (Wildman–Crippen LogP) is 5.02. The number of benzene rings is 3. The molecule has 4 aliphatic heterocycles. The van der Waals surface area contributed by atoms with Crippen LogP contribution in [-0.2, 0) is 9.59 Å². The highest BCUT2D eigenvalue weighted by molar-refractivity contribution is 6.31. The summed E-state index contributed by atoms with van der Waals surface area (Å²) in [7, 11) is 1.50. The fourth-order valence-corrected chi connectivity index (χ4v) is 7.62. The van der Waals surface area contributed by atoms with E-state index in [2.05, 4.69) is 20.2 Å². The number of imide groups is 2. The van der Waals surface area contributed by atoms with Crippen molar-refractivity contribution >= 4 is 63.3 Å². The third kappa shape index (κ3) is 8.00. The van der Waals surface area contributed by atoms with Crippen molar-refractivity contribution in [3.63, 3.8) is 0 Å². The molecule has 14 nitrogen and oxygen atoms in total. The maximum atomic E-state index is 16.5. The first-order chi connectivity index (χ1) is 31.1. The van der Waals surface area contributed by atoms with Gasteiger partial charge >= 0.3 is 0 Å². The minimum absolute atomic E-state index is 0.00460. The Kier molecular flexibility index (Phi) is 8.86. The number of amides is 4. The number of methoxy groups -OCH3 is 1. The zero-order valence-corrected chi connectivity index (χ0v) is 31.9. The lowest BCUT2D eigenvalue weighted by atomic mass is 9.95. The summed E-state index contributed by atoms with van der Waals surface area (Å²) in [6, 6.07) is 7.88. The van der Waals surface area contributed by atoms with Crippen LogP contribution in [0.15, 0.2) is 48.8 Å². The lowest BCUT2D eigenvalue weighted by Gasteiger charge is -2.39. The highest BCUT2D eigenvalue weighted by atomic mass is 35.5. The molecule has 5 heterocycles. The molecule has 3 aromatic carbocycles. The van der Waals surface area contributed by atoms with Gasteiger partial charge in [0.1, 0.15) is 24.0 Å². The van der Waals surface area contributed by atoms with Crippen LogP contribution < -0.4 is 25.0 Å². The zero-order chi connectivity index (χ0) is 47.7. The number of fused-ring (bicyclic) bond motifs is 2. The monoisotopic (exact) mass is 824 g/mol. The maximum absolute atomic E-state index is 16.5. The second-order valence-electron chi connectivity index (χ2n) is 14.1. The number of nitrogens with one attached hydrogen (secondary N) is 2. The standard InChI is InChI=1S/C41H43ClF2N8O6/c1-57-33-21-30-27(38(46-23-45-30)47-25-3-5-29(43)28(42)19-25)20-34(33)58-18-2-11-49-12-9-24(10-13-49)22-50-14-16-51(17-15-50)31-6-4-26-36(37(31)44)41(56)52(40(26)55)32-7-8-35(53)48-39(32)54/h3-6,19-21,23-24,32H,2,7-18,22H2,1H3,(H,45,46,47)(H,48,53,54)/i14D2,15D2,16D2,17D2. The van der Waals surface area contributed by atoms with Gasteiger partial charge in [-0.05, 0) is 81.1 Å². The molecule has 3 fully saturated rings. The highest BCUT2D eigenvalue weighted by Gasteiger charge is 2.46. The first-order valence-electron chi connectivity index (χ1n) is 22.6. The highest BCUT2D eigenvalue weighted by Crippen LogP contribution is 2.36. The Morgan fingerprint density at radius 2 is 1.74 bits per heavy atom. The molecule has 0 saturated carbocycles. The molecule has 0 radical (unpaired) electrons. The van der Waals surface area contributed by atoms with Gasteiger partial charge in [-0.25, -0.2) is 18.7 Å². The molecule has 2 N–H and O–H groups in total. The van der Waals surface area contributed by atoms with Crippen LogP contribution in [0.4, 0.5) is 26.0 Å². The summed E-state index contributed by atoms with van der Waals surface area (Å²) in [4.78, 5) is 62.9. The molecule has 4 aromatic rings. The normalized spacial score (nSPS) is 25.0. The smallest absolute Gasteiger partial charge is 0.265 e. The van der Waals surface area contributed by atoms with Crippen molar-refractivity contribution < 1.29 is 48.4 Å². The molecule has 0 aliphatic carbocycles. The Labute approximate surface area is 349 Å². The number of hydrogen-bond acceptors (Lipinski definition) is 12. The number of ether oxygens (including phenoxy) is 2. The minimum atomic E-state index is -3.47. The second kappa shape index (κ2) is 16.8. The molecule has 8 rings (SSSR count). The quantitative estimate of drug-likeness (QED) is 0.146. The Morgan fingerprint density at radius 1 is 0.948 bits per heavy atom. The third-order valence-electron chi connectivity index (χ3n) is 10.5. The fraction of sp³-hybridized carbons (Fsp3) is 0.415. The van der Waals surface area contributed by atoms with Gasteiger partial charge in [-0.2, -0.15) is 0 Å². The number of nitrogens with zero attached hydrogens (tertiary/aromatic N) is 6. The number of hydrogen-bond donors (Lipinski definition) is 2. The van der Waals surface area contributed by atoms with E-state index in [1.807, 2.05) is 5.32 Å². The van der Waals surface area contributed by atoms with E-state index in [0.717, 1.165) is 12.1 Å². The number of likely N-dealkylation sites (tertiary alicyclic amines) is 1. The van der Waals surface area contributed by atoms with Crippen molar-refractivity contribution in [1.82, 2.24) is 30.0 Å². The van der Waals surface area contributed by atoms with E-state index in [-0.39, 0.29) is 35.9 Å². The van der Waals surface area contributed by atoms with Gasteiger partial charge in [0.2, 0.25) is 11.8 Å². The third-order valence-corrected chi connectivity index (χ3v) is 10.8. The SMILES string of the molecule is [2H]C1([2H])N(CC2CCN(CCCOc3cc4c(Nc5ccc(F)c(Cl)c5)ncnc4cc3OC)CC2)C([2H])([2H])C([2H])([2H])N(c2ccc3c(c2F)C(=O)N(C2CCC(=O)NC2=O)C3=O)C1([2H])[2H]. The van der Waals surface area contributed by atoms with Crippen molar-refractivity contribution in [3.8, 4) is 11.5 Å². The number of carbonyl (C=O) groups excluding carboxylic acids is 4. The van der Waals surface area contributed by atoms with E-state index in [1.165, 1.54) is 31.6 Å². The molecule has 4 aliphatic rings. The Hall–Kier alpha value is -5.45. The predicted molar refractivity (Wildman–Crippen MR) is 212 cm³/mol. The Bertz CT molecular complexity index is 2620. The molecule has 304 valence electrons. The van der Waals surface area contributed by atoms with Crippen molar-refractivity contribution in [2.45, 2.75) is 38.1 Å². The van der Waals surface area contributed by atoms with Crippen LogP contribution in [0.3, 0.4) is 0 Å². The lowest BCUT2D eigenvalue weighted by Crippen LogP contribution is -2.54. The minimum Gasteiger partial charge on any atom is -0.493 e. The van der Waals surface area contributed by atoms with Gasteiger partial charge in [-0.1, -0.05) is 11.6 Å². The molecule has 17 heteroatoms. The molecule has 0 bridgehead atoms. The Morgan fingerprint density at radius 3 is 2.48 bits per heavy atom. The molecule has 1 aromatic heterocycles. The van der Waals surface area contributed by atoms with Gasteiger partial charge in [0, 0.05) is 68.1 Å². The summed E-state index contributed by atoms with van der Waals surface area (Å²) >= 11 is 5.96. The summed E-state index contributed by atoms with van der Waals surface area (Å²) < 4.78 is 114. The summed E-state index contributed by atoms with van der Waals surface area (Å²) in [6.07, 6.45) is 2.39. The van der Waals surface area contributed by atoms with Crippen LogP contribution in [0.2, 0.25) is 5.02 Å². The summed E-state index contributed by atoms with van der Waals surface area (Å²) in [5, 5.41) is 5.70. The van der Waals surface area contributed by atoms with Crippen LogP contribution >= 0.6 is 11.6 Å².